The van der Waals surface area contributed by atoms with E-state index < -0.39 is 0 Å². The minimum absolute atomic E-state index is 0.121. The van der Waals surface area contributed by atoms with Gasteiger partial charge in [0.2, 0.25) is 5.91 Å². The van der Waals surface area contributed by atoms with E-state index in [0.29, 0.717) is 26.2 Å². The molecule has 3 rings (SSSR count). The molecule has 0 saturated carbocycles. The van der Waals surface area contributed by atoms with Crippen molar-refractivity contribution < 1.29 is 9.63 Å². The molecule has 0 unspecified atom stereocenters. The second-order valence-electron chi connectivity index (χ2n) is 8.28. The van der Waals surface area contributed by atoms with Crippen molar-refractivity contribution in [3.63, 3.8) is 0 Å². The molecule has 1 aliphatic rings. The first kappa shape index (κ1) is 24.6. The van der Waals surface area contributed by atoms with Crippen LogP contribution in [-0.2, 0) is 22.8 Å². The van der Waals surface area contributed by atoms with Gasteiger partial charge in [-0.2, -0.15) is 5.48 Å². The van der Waals surface area contributed by atoms with Gasteiger partial charge in [0.1, 0.15) is 0 Å². The molecule has 2 N–H and O–H groups in total. The fraction of sp³-hybridized carbons (Fsp3) is 0.321. The van der Waals surface area contributed by atoms with Crippen LogP contribution in [0, 0.1) is 0 Å². The van der Waals surface area contributed by atoms with Crippen LogP contribution >= 0.6 is 0 Å². The maximum atomic E-state index is 13.5. The van der Waals surface area contributed by atoms with Crippen molar-refractivity contribution in [2.24, 2.45) is 0 Å². The molecule has 1 heterocycles. The Morgan fingerprint density at radius 2 is 1.82 bits per heavy atom. The number of amides is 1. The van der Waals surface area contributed by atoms with Gasteiger partial charge in [0.25, 0.3) is 0 Å². The first-order chi connectivity index (χ1) is 16.2. The predicted molar refractivity (Wildman–Crippen MR) is 134 cm³/mol. The van der Waals surface area contributed by atoms with Crippen molar-refractivity contribution in [3.8, 4) is 0 Å². The Morgan fingerprint density at radius 1 is 1.12 bits per heavy atom. The number of hydrogen-bond acceptors (Lipinski definition) is 4. The minimum atomic E-state index is -0.200. The molecule has 1 fully saturated rings. The van der Waals surface area contributed by atoms with Crippen LogP contribution in [0.2, 0.25) is 0 Å². The first-order valence-electron chi connectivity index (χ1n) is 11.6. The van der Waals surface area contributed by atoms with Crippen LogP contribution < -0.4 is 10.8 Å². The fourth-order valence-corrected chi connectivity index (χ4v) is 3.85. The molecule has 5 heteroatoms. The maximum absolute atomic E-state index is 13.5. The van der Waals surface area contributed by atoms with Crippen LogP contribution in [0.15, 0.2) is 97.1 Å². The number of allylic oxidation sites excluding steroid dienone is 3. The Morgan fingerprint density at radius 3 is 2.42 bits per heavy atom. The van der Waals surface area contributed by atoms with E-state index in [2.05, 4.69) is 29.5 Å². The molecule has 5 nitrogen and oxygen atoms in total. The van der Waals surface area contributed by atoms with E-state index in [4.69, 9.17) is 4.84 Å². The SMILES string of the molecule is C=C/C(=C\C=C/C)CN(Cc1ccccc1)C(=O)[C@@H]1CC[C@@H](NOCc2ccccc2)CN1. The van der Waals surface area contributed by atoms with Gasteiger partial charge in [-0.1, -0.05) is 91.5 Å². The summed E-state index contributed by atoms with van der Waals surface area (Å²) in [6.07, 6.45) is 9.42. The molecule has 0 bridgehead atoms. The lowest BCUT2D eigenvalue weighted by molar-refractivity contribution is -0.134. The minimum Gasteiger partial charge on any atom is -0.333 e. The fourth-order valence-electron chi connectivity index (χ4n) is 3.85. The Balaban J connectivity index is 1.56. The van der Waals surface area contributed by atoms with Crippen LogP contribution in [0.4, 0.5) is 0 Å². The molecule has 2 atom stereocenters. The number of nitrogens with zero attached hydrogens (tertiary/aromatic N) is 1. The second kappa shape index (κ2) is 13.5. The highest BCUT2D eigenvalue weighted by Crippen LogP contribution is 2.16. The molecule has 1 saturated heterocycles. The van der Waals surface area contributed by atoms with Gasteiger partial charge in [-0.25, -0.2) is 0 Å². The van der Waals surface area contributed by atoms with Gasteiger partial charge in [-0.15, -0.1) is 0 Å². The Labute approximate surface area is 197 Å². The summed E-state index contributed by atoms with van der Waals surface area (Å²) in [6, 6.07) is 20.2. The summed E-state index contributed by atoms with van der Waals surface area (Å²) in [6.45, 7) is 8.21. The van der Waals surface area contributed by atoms with Gasteiger partial charge in [0.15, 0.2) is 0 Å². The van der Waals surface area contributed by atoms with Gasteiger partial charge in [0, 0.05) is 25.7 Å². The Kier molecular flexibility index (Phi) is 10.1. The smallest absolute Gasteiger partial charge is 0.240 e. The molecule has 0 spiro atoms. The highest BCUT2D eigenvalue weighted by Gasteiger charge is 2.29. The third-order valence-corrected chi connectivity index (χ3v) is 5.71. The molecule has 174 valence electrons. The average Bonchev–Trinajstić information content (AvgIpc) is 2.87. The molecule has 0 aromatic heterocycles. The molecular formula is C28H35N3O2. The van der Waals surface area contributed by atoms with Crippen LogP contribution in [0.25, 0.3) is 0 Å². The van der Waals surface area contributed by atoms with Crippen LogP contribution in [0.3, 0.4) is 0 Å². The number of hydrogen-bond donors (Lipinski definition) is 2. The number of benzene rings is 2. The number of rotatable bonds is 11. The molecule has 1 aliphatic heterocycles. The lowest BCUT2D eigenvalue weighted by Crippen LogP contribution is -2.54. The molecule has 33 heavy (non-hydrogen) atoms. The van der Waals surface area contributed by atoms with Gasteiger partial charge in [-0.3, -0.25) is 9.63 Å². The molecular weight excluding hydrogens is 410 g/mol. The van der Waals surface area contributed by atoms with Crippen molar-refractivity contribution in [1.29, 1.82) is 0 Å². The van der Waals surface area contributed by atoms with E-state index in [-0.39, 0.29) is 18.0 Å². The zero-order valence-corrected chi connectivity index (χ0v) is 19.5. The molecule has 0 radical (unpaired) electrons. The van der Waals surface area contributed by atoms with Crippen LogP contribution in [0.1, 0.15) is 30.9 Å². The summed E-state index contributed by atoms with van der Waals surface area (Å²) >= 11 is 0. The van der Waals surface area contributed by atoms with Crippen molar-refractivity contribution in [1.82, 2.24) is 15.7 Å². The normalized spacial score (nSPS) is 18.9. The summed E-state index contributed by atoms with van der Waals surface area (Å²) in [4.78, 5) is 21.1. The van der Waals surface area contributed by atoms with Gasteiger partial charge >= 0.3 is 0 Å². The number of nitrogens with one attached hydrogen (secondary N) is 2. The van der Waals surface area contributed by atoms with E-state index in [1.54, 1.807) is 0 Å². The first-order valence-corrected chi connectivity index (χ1v) is 11.6. The monoisotopic (exact) mass is 445 g/mol. The van der Waals surface area contributed by atoms with Crippen molar-refractivity contribution >= 4 is 5.91 Å². The molecule has 1 amide bonds. The zero-order valence-electron chi connectivity index (χ0n) is 19.5. The lowest BCUT2D eigenvalue weighted by Gasteiger charge is -2.33. The summed E-state index contributed by atoms with van der Waals surface area (Å²) in [5, 5.41) is 3.43. The third kappa shape index (κ3) is 8.13. The van der Waals surface area contributed by atoms with E-state index in [9.17, 15) is 4.79 Å². The van der Waals surface area contributed by atoms with Crippen LogP contribution in [-0.4, -0.2) is 36.0 Å². The summed E-state index contributed by atoms with van der Waals surface area (Å²) in [7, 11) is 0. The average molecular weight is 446 g/mol. The van der Waals surface area contributed by atoms with Crippen molar-refractivity contribution in [3.05, 3.63) is 108 Å². The van der Waals surface area contributed by atoms with E-state index in [1.165, 1.54) is 0 Å². The van der Waals surface area contributed by atoms with Gasteiger partial charge in [-0.05, 0) is 36.5 Å². The standard InChI is InChI=1S/C28H35N3O2/c1-3-5-12-23(4-2)20-31(21-24-13-8-6-9-14-24)28(32)27-18-17-26(19-29-27)30-33-22-25-15-10-7-11-16-25/h3-16,26-27,29-30H,2,17-22H2,1H3/b5-3-,23-12+/t26-,27+/m1/s1. The highest BCUT2D eigenvalue weighted by atomic mass is 16.6. The molecule has 2 aromatic rings. The number of piperidine rings is 1. The van der Waals surface area contributed by atoms with Crippen LogP contribution in [0.5, 0.6) is 0 Å². The quantitative estimate of drug-likeness (QED) is 0.394. The second-order valence-corrected chi connectivity index (χ2v) is 8.28. The van der Waals surface area contributed by atoms with Gasteiger partial charge < -0.3 is 10.2 Å². The van der Waals surface area contributed by atoms with Gasteiger partial charge in [0.05, 0.1) is 12.6 Å². The Bertz CT molecular complexity index is 917. The van der Waals surface area contributed by atoms with E-state index >= 15 is 0 Å². The Hall–Kier alpha value is -2.99. The maximum Gasteiger partial charge on any atom is 0.240 e. The number of carbonyl (C=O) groups excluding carboxylic acids is 1. The largest absolute Gasteiger partial charge is 0.333 e. The topological polar surface area (TPSA) is 53.6 Å². The number of hydroxylamine groups is 1. The highest BCUT2D eigenvalue weighted by molar-refractivity contribution is 5.82. The third-order valence-electron chi connectivity index (χ3n) is 5.71. The van der Waals surface area contributed by atoms with Crippen molar-refractivity contribution in [2.45, 2.75) is 45.0 Å². The summed E-state index contributed by atoms with van der Waals surface area (Å²) < 4.78 is 0. The summed E-state index contributed by atoms with van der Waals surface area (Å²) in [5.74, 6) is 0.121. The molecule has 2 aromatic carbocycles. The predicted octanol–water partition coefficient (Wildman–Crippen LogP) is 4.55. The number of carbonyl (C=O) groups is 1. The lowest BCUT2D eigenvalue weighted by atomic mass is 9.99. The van der Waals surface area contributed by atoms with Crippen molar-refractivity contribution in [2.75, 3.05) is 13.1 Å². The molecule has 0 aliphatic carbocycles. The zero-order chi connectivity index (χ0) is 23.3. The summed E-state index contributed by atoms with van der Waals surface area (Å²) in [5.41, 5.74) is 6.40. The van der Waals surface area contributed by atoms with E-state index in [0.717, 1.165) is 29.5 Å². The van der Waals surface area contributed by atoms with E-state index in [1.807, 2.05) is 84.7 Å².